The van der Waals surface area contributed by atoms with Gasteiger partial charge in [-0.1, -0.05) is 24.3 Å². The molecule has 0 bridgehead atoms. The van der Waals surface area contributed by atoms with Crippen molar-refractivity contribution in [2.45, 2.75) is 31.3 Å². The molecule has 0 saturated carbocycles. The number of amides is 1. The van der Waals surface area contributed by atoms with E-state index in [0.29, 0.717) is 5.82 Å². The summed E-state index contributed by atoms with van der Waals surface area (Å²) in [6.45, 7) is 0.187. The first-order valence-electron chi connectivity index (χ1n) is 7.87. The number of nitrogens with zero attached hydrogens (tertiary/aromatic N) is 2. The van der Waals surface area contributed by atoms with Gasteiger partial charge in [0.15, 0.2) is 0 Å². The fraction of sp³-hybridized carbons (Fsp3) is 0.412. The summed E-state index contributed by atoms with van der Waals surface area (Å²) in [7, 11) is 1.52. The van der Waals surface area contributed by atoms with Gasteiger partial charge in [0.1, 0.15) is 11.9 Å². The van der Waals surface area contributed by atoms with Gasteiger partial charge in [0.25, 0.3) is 0 Å². The number of carbonyl (C=O) groups excluding carboxylic acids is 1. The SMILES string of the molecule is COCC(N)C(=O)Nc1ccnn1C1CCCc2ccccc21.Cl.Cl. The lowest BCUT2D eigenvalue weighted by atomic mass is 9.88. The number of hydrogen-bond donors (Lipinski definition) is 2. The maximum atomic E-state index is 12.1. The smallest absolute Gasteiger partial charge is 0.244 e. The molecule has 1 aliphatic rings. The summed E-state index contributed by atoms with van der Waals surface area (Å²) in [6, 6.07) is 9.67. The van der Waals surface area contributed by atoms with E-state index in [1.165, 1.54) is 18.2 Å². The first-order valence-corrected chi connectivity index (χ1v) is 7.87. The second-order valence-corrected chi connectivity index (χ2v) is 5.82. The number of carbonyl (C=O) groups is 1. The van der Waals surface area contributed by atoms with E-state index in [4.69, 9.17) is 10.5 Å². The summed E-state index contributed by atoms with van der Waals surface area (Å²) >= 11 is 0. The third kappa shape index (κ3) is 4.73. The van der Waals surface area contributed by atoms with Gasteiger partial charge >= 0.3 is 0 Å². The molecule has 6 nitrogen and oxygen atoms in total. The van der Waals surface area contributed by atoms with Crippen LogP contribution in [0.4, 0.5) is 5.82 Å². The van der Waals surface area contributed by atoms with Gasteiger partial charge in [0.05, 0.1) is 18.8 Å². The number of hydrogen-bond acceptors (Lipinski definition) is 4. The molecule has 25 heavy (non-hydrogen) atoms. The molecule has 0 fully saturated rings. The van der Waals surface area contributed by atoms with Crippen LogP contribution < -0.4 is 11.1 Å². The molecule has 1 aromatic carbocycles. The van der Waals surface area contributed by atoms with Gasteiger partial charge in [-0.25, -0.2) is 4.68 Å². The van der Waals surface area contributed by atoms with Crippen LogP contribution in [0.25, 0.3) is 0 Å². The highest BCUT2D eigenvalue weighted by Crippen LogP contribution is 2.34. The van der Waals surface area contributed by atoms with Gasteiger partial charge in [0.2, 0.25) is 5.91 Å². The van der Waals surface area contributed by atoms with Crippen molar-refractivity contribution in [1.82, 2.24) is 9.78 Å². The predicted molar refractivity (Wildman–Crippen MR) is 103 cm³/mol. The van der Waals surface area contributed by atoms with Crippen LogP contribution in [0, 0.1) is 0 Å². The second kappa shape index (κ2) is 9.77. The highest BCUT2D eigenvalue weighted by Gasteiger charge is 2.24. The maximum absolute atomic E-state index is 12.1. The molecule has 0 saturated heterocycles. The lowest BCUT2D eigenvalue weighted by molar-refractivity contribution is -0.118. The zero-order valence-corrected chi connectivity index (χ0v) is 15.7. The first-order chi connectivity index (χ1) is 11.2. The average molecular weight is 387 g/mol. The number of aromatic nitrogens is 2. The third-order valence-corrected chi connectivity index (χ3v) is 4.24. The Kier molecular flexibility index (Phi) is 8.38. The van der Waals surface area contributed by atoms with E-state index in [-0.39, 0.29) is 43.4 Å². The Labute approximate surface area is 159 Å². The van der Waals surface area contributed by atoms with E-state index in [2.05, 4.69) is 28.6 Å². The van der Waals surface area contributed by atoms with Crippen LogP contribution in [0.15, 0.2) is 36.5 Å². The van der Waals surface area contributed by atoms with Crippen LogP contribution in [0.5, 0.6) is 0 Å². The summed E-state index contributed by atoms with van der Waals surface area (Å²) in [6.07, 6.45) is 4.91. The molecule has 3 N–H and O–H groups in total. The van der Waals surface area contributed by atoms with Crippen molar-refractivity contribution in [3.05, 3.63) is 47.7 Å². The van der Waals surface area contributed by atoms with Crippen molar-refractivity contribution < 1.29 is 9.53 Å². The quantitative estimate of drug-likeness (QED) is 0.826. The van der Waals surface area contributed by atoms with E-state index in [0.717, 1.165) is 19.3 Å². The van der Waals surface area contributed by atoms with Gasteiger partial charge in [-0.05, 0) is 30.4 Å². The number of halogens is 2. The topological polar surface area (TPSA) is 82.2 Å². The molecule has 2 atom stereocenters. The molecule has 138 valence electrons. The van der Waals surface area contributed by atoms with Crippen molar-refractivity contribution >= 4 is 36.5 Å². The monoisotopic (exact) mass is 386 g/mol. The maximum Gasteiger partial charge on any atom is 0.244 e. The summed E-state index contributed by atoms with van der Waals surface area (Å²) in [5, 5.41) is 7.29. The minimum atomic E-state index is -0.693. The molecule has 2 unspecified atom stereocenters. The first kappa shape index (κ1) is 21.4. The molecule has 8 heteroatoms. The summed E-state index contributed by atoms with van der Waals surface area (Å²) in [5.74, 6) is 0.404. The molecule has 1 aromatic heterocycles. The molecule has 3 rings (SSSR count). The van der Waals surface area contributed by atoms with E-state index < -0.39 is 6.04 Å². The molecule has 0 spiro atoms. The normalized spacial score (nSPS) is 16.8. The molecule has 0 aliphatic heterocycles. The zero-order chi connectivity index (χ0) is 16.2. The van der Waals surface area contributed by atoms with E-state index in [1.807, 2.05) is 10.7 Å². The van der Waals surface area contributed by atoms with Crippen LogP contribution in [-0.4, -0.2) is 35.4 Å². The average Bonchev–Trinajstić information content (AvgIpc) is 3.02. The van der Waals surface area contributed by atoms with Gasteiger partial charge in [-0.15, -0.1) is 24.8 Å². The largest absolute Gasteiger partial charge is 0.383 e. The van der Waals surface area contributed by atoms with Crippen molar-refractivity contribution in [3.8, 4) is 0 Å². The summed E-state index contributed by atoms with van der Waals surface area (Å²) in [5.41, 5.74) is 8.41. The molecule has 1 amide bonds. The number of fused-ring (bicyclic) bond motifs is 1. The molecule has 2 aromatic rings. The lowest BCUT2D eigenvalue weighted by Crippen LogP contribution is -2.39. The summed E-state index contributed by atoms with van der Waals surface area (Å²) < 4.78 is 6.81. The number of anilines is 1. The zero-order valence-electron chi connectivity index (χ0n) is 14.1. The molecular formula is C17H24Cl2N4O2. The van der Waals surface area contributed by atoms with Crippen LogP contribution in [0.3, 0.4) is 0 Å². The van der Waals surface area contributed by atoms with Gasteiger partial charge in [-0.2, -0.15) is 5.10 Å². The number of aryl methyl sites for hydroxylation is 1. The fourth-order valence-corrected chi connectivity index (χ4v) is 3.12. The third-order valence-electron chi connectivity index (χ3n) is 4.24. The minimum absolute atomic E-state index is 0. The van der Waals surface area contributed by atoms with Gasteiger partial charge in [-0.3, -0.25) is 4.79 Å². The Balaban J connectivity index is 0.00000156. The Morgan fingerprint density at radius 1 is 1.40 bits per heavy atom. The molecule has 0 radical (unpaired) electrons. The van der Waals surface area contributed by atoms with Crippen molar-refractivity contribution in [3.63, 3.8) is 0 Å². The predicted octanol–water partition coefficient (Wildman–Crippen LogP) is 2.56. The Bertz CT molecular complexity index is 693. The molecular weight excluding hydrogens is 363 g/mol. The van der Waals surface area contributed by atoms with Crippen molar-refractivity contribution in [1.29, 1.82) is 0 Å². The van der Waals surface area contributed by atoms with Crippen LogP contribution in [0.1, 0.15) is 30.0 Å². The van der Waals surface area contributed by atoms with Gasteiger partial charge in [0, 0.05) is 13.2 Å². The van der Waals surface area contributed by atoms with Crippen LogP contribution in [0.2, 0.25) is 0 Å². The van der Waals surface area contributed by atoms with Gasteiger partial charge < -0.3 is 15.8 Å². The lowest BCUT2D eigenvalue weighted by Gasteiger charge is -2.27. The number of benzene rings is 1. The van der Waals surface area contributed by atoms with E-state index in [1.54, 1.807) is 12.3 Å². The Morgan fingerprint density at radius 2 is 2.16 bits per heavy atom. The Morgan fingerprint density at radius 3 is 2.92 bits per heavy atom. The van der Waals surface area contributed by atoms with Crippen molar-refractivity contribution in [2.75, 3.05) is 19.0 Å². The number of rotatable bonds is 5. The molecule has 1 aliphatic carbocycles. The fourth-order valence-electron chi connectivity index (χ4n) is 3.12. The number of nitrogens with one attached hydrogen (secondary N) is 1. The standard InChI is InChI=1S/C17H22N4O2.2ClH/c1-23-11-14(18)17(22)20-16-9-10-19-21(16)15-8-4-6-12-5-2-3-7-13(12)15;;/h2-3,5,7,9-10,14-15H,4,6,8,11,18H2,1H3,(H,20,22);2*1H. The van der Waals surface area contributed by atoms with E-state index in [9.17, 15) is 4.79 Å². The van der Waals surface area contributed by atoms with Crippen LogP contribution in [-0.2, 0) is 16.0 Å². The number of ether oxygens (including phenoxy) is 1. The summed E-state index contributed by atoms with van der Waals surface area (Å²) in [4.78, 5) is 12.1. The second-order valence-electron chi connectivity index (χ2n) is 5.82. The Hall–Kier alpha value is -1.60. The highest BCUT2D eigenvalue weighted by atomic mass is 35.5. The number of methoxy groups -OCH3 is 1. The number of nitrogens with two attached hydrogens (primary N) is 1. The van der Waals surface area contributed by atoms with E-state index >= 15 is 0 Å². The van der Waals surface area contributed by atoms with Crippen molar-refractivity contribution in [2.24, 2.45) is 5.73 Å². The van der Waals surface area contributed by atoms with Crippen LogP contribution >= 0.6 is 24.8 Å². The minimum Gasteiger partial charge on any atom is -0.383 e. The highest BCUT2D eigenvalue weighted by molar-refractivity contribution is 5.94. The molecule has 1 heterocycles.